The summed E-state index contributed by atoms with van der Waals surface area (Å²) in [5.74, 6) is 1.00. The summed E-state index contributed by atoms with van der Waals surface area (Å²) in [4.78, 5) is 16.7. The number of likely N-dealkylation sites (tertiary alicyclic amines) is 1. The number of carbonyl (C=O) groups is 1. The third-order valence-corrected chi connectivity index (χ3v) is 4.48. The van der Waals surface area contributed by atoms with Gasteiger partial charge in [-0.3, -0.25) is 4.79 Å². The maximum Gasteiger partial charge on any atom is 0.226 e. The second-order valence-corrected chi connectivity index (χ2v) is 5.72. The molecule has 17 heavy (non-hydrogen) atoms. The molecule has 4 nitrogen and oxygen atoms in total. The summed E-state index contributed by atoms with van der Waals surface area (Å²) in [5.41, 5.74) is 5.76. The van der Waals surface area contributed by atoms with Crippen LogP contribution in [0.3, 0.4) is 0 Å². The quantitative estimate of drug-likeness (QED) is 0.781. The average Bonchev–Trinajstić information content (AvgIpc) is 2.96. The molecule has 0 aromatic heterocycles. The fourth-order valence-corrected chi connectivity index (χ4v) is 3.24. The zero-order valence-electron chi connectivity index (χ0n) is 11.1. The molecule has 1 heterocycles. The lowest BCUT2D eigenvalue weighted by atomic mass is 9.95. The predicted octanol–water partition coefficient (Wildman–Crippen LogP) is 0.524. The first-order valence-corrected chi connectivity index (χ1v) is 6.78. The van der Waals surface area contributed by atoms with Gasteiger partial charge in [0.15, 0.2) is 0 Å². The zero-order valence-corrected chi connectivity index (χ0v) is 11.1. The van der Waals surface area contributed by atoms with Crippen LogP contribution in [0.25, 0.3) is 0 Å². The maximum atomic E-state index is 12.4. The molecule has 1 amide bonds. The van der Waals surface area contributed by atoms with E-state index in [4.69, 9.17) is 5.73 Å². The van der Waals surface area contributed by atoms with Gasteiger partial charge in [0.2, 0.25) is 5.91 Å². The van der Waals surface area contributed by atoms with Gasteiger partial charge in [-0.05, 0) is 45.8 Å². The molecule has 0 radical (unpaired) electrons. The molecule has 1 saturated heterocycles. The first-order valence-electron chi connectivity index (χ1n) is 6.78. The van der Waals surface area contributed by atoms with Crippen molar-refractivity contribution in [3.05, 3.63) is 0 Å². The van der Waals surface area contributed by atoms with Crippen LogP contribution < -0.4 is 5.73 Å². The van der Waals surface area contributed by atoms with Crippen LogP contribution in [-0.2, 0) is 4.79 Å². The molecule has 0 aromatic carbocycles. The van der Waals surface area contributed by atoms with Gasteiger partial charge in [0, 0.05) is 25.0 Å². The molecule has 3 unspecified atom stereocenters. The van der Waals surface area contributed by atoms with Crippen LogP contribution in [-0.4, -0.2) is 55.5 Å². The lowest BCUT2D eigenvalue weighted by Crippen LogP contribution is -2.39. The zero-order chi connectivity index (χ0) is 12.4. The number of amides is 1. The van der Waals surface area contributed by atoms with E-state index in [1.54, 1.807) is 0 Å². The van der Waals surface area contributed by atoms with Crippen LogP contribution in [0.1, 0.15) is 25.7 Å². The molecule has 1 aliphatic carbocycles. The normalized spacial score (nSPS) is 33.6. The summed E-state index contributed by atoms with van der Waals surface area (Å²) in [6.07, 6.45) is 4.46. The molecule has 3 atom stereocenters. The Balaban J connectivity index is 1.92. The van der Waals surface area contributed by atoms with E-state index in [9.17, 15) is 4.79 Å². The van der Waals surface area contributed by atoms with Crippen molar-refractivity contribution in [2.45, 2.75) is 31.7 Å². The van der Waals surface area contributed by atoms with E-state index in [2.05, 4.69) is 23.9 Å². The summed E-state index contributed by atoms with van der Waals surface area (Å²) < 4.78 is 0. The summed E-state index contributed by atoms with van der Waals surface area (Å²) in [6.45, 7) is 2.50. The summed E-state index contributed by atoms with van der Waals surface area (Å²) >= 11 is 0. The molecule has 2 rings (SSSR count). The summed E-state index contributed by atoms with van der Waals surface area (Å²) in [6, 6.07) is 0.539. The monoisotopic (exact) mass is 239 g/mol. The number of nitrogens with zero attached hydrogens (tertiary/aromatic N) is 2. The molecule has 0 aromatic rings. The standard InChI is InChI=1S/C13H25N3O/c1-15(2)11-6-7-16(9-11)13(17)12-5-3-4-10(12)8-14/h10-12H,3-9,14H2,1-2H3. The Morgan fingerprint density at radius 1 is 1.35 bits per heavy atom. The highest BCUT2D eigenvalue weighted by molar-refractivity contribution is 5.79. The first kappa shape index (κ1) is 12.8. The SMILES string of the molecule is CN(C)C1CCN(C(=O)C2CCCC2CN)C1. The first-order chi connectivity index (χ1) is 8.13. The van der Waals surface area contributed by atoms with Crippen molar-refractivity contribution in [3.8, 4) is 0 Å². The fourth-order valence-electron chi connectivity index (χ4n) is 3.24. The van der Waals surface area contributed by atoms with Crippen LogP contribution in [0.15, 0.2) is 0 Å². The van der Waals surface area contributed by atoms with E-state index in [1.807, 2.05) is 0 Å². The van der Waals surface area contributed by atoms with Crippen molar-refractivity contribution >= 4 is 5.91 Å². The molecule has 2 aliphatic rings. The predicted molar refractivity (Wildman–Crippen MR) is 68.6 cm³/mol. The summed E-state index contributed by atoms with van der Waals surface area (Å²) in [7, 11) is 4.19. The average molecular weight is 239 g/mol. The van der Waals surface area contributed by atoms with E-state index in [0.717, 1.165) is 32.4 Å². The van der Waals surface area contributed by atoms with Gasteiger partial charge >= 0.3 is 0 Å². The van der Waals surface area contributed by atoms with Gasteiger partial charge in [-0.15, -0.1) is 0 Å². The highest BCUT2D eigenvalue weighted by atomic mass is 16.2. The van der Waals surface area contributed by atoms with Crippen LogP contribution in [0.2, 0.25) is 0 Å². The van der Waals surface area contributed by atoms with E-state index >= 15 is 0 Å². The molecular weight excluding hydrogens is 214 g/mol. The van der Waals surface area contributed by atoms with Crippen molar-refractivity contribution in [2.24, 2.45) is 17.6 Å². The van der Waals surface area contributed by atoms with Gasteiger partial charge in [0.1, 0.15) is 0 Å². The molecule has 0 spiro atoms. The van der Waals surface area contributed by atoms with Crippen molar-refractivity contribution in [3.63, 3.8) is 0 Å². The molecule has 98 valence electrons. The van der Waals surface area contributed by atoms with E-state index < -0.39 is 0 Å². The van der Waals surface area contributed by atoms with Gasteiger partial charge in [0.05, 0.1) is 0 Å². The van der Waals surface area contributed by atoms with Gasteiger partial charge in [0.25, 0.3) is 0 Å². The van der Waals surface area contributed by atoms with Gasteiger partial charge in [-0.1, -0.05) is 6.42 Å². The second kappa shape index (κ2) is 5.36. The maximum absolute atomic E-state index is 12.4. The Hall–Kier alpha value is -0.610. The fraction of sp³-hybridized carbons (Fsp3) is 0.923. The number of likely N-dealkylation sites (N-methyl/N-ethyl adjacent to an activating group) is 1. The molecule has 2 fully saturated rings. The van der Waals surface area contributed by atoms with Crippen LogP contribution >= 0.6 is 0 Å². The van der Waals surface area contributed by atoms with Gasteiger partial charge in [-0.25, -0.2) is 0 Å². The van der Waals surface area contributed by atoms with E-state index in [-0.39, 0.29) is 5.92 Å². The number of nitrogens with two attached hydrogens (primary N) is 1. The minimum atomic E-state index is 0.209. The highest BCUT2D eigenvalue weighted by Crippen LogP contribution is 2.33. The largest absolute Gasteiger partial charge is 0.341 e. The third-order valence-electron chi connectivity index (χ3n) is 4.48. The Morgan fingerprint density at radius 2 is 2.12 bits per heavy atom. The smallest absolute Gasteiger partial charge is 0.226 e. The Morgan fingerprint density at radius 3 is 2.71 bits per heavy atom. The summed E-state index contributed by atoms with van der Waals surface area (Å²) in [5, 5.41) is 0. The van der Waals surface area contributed by atoms with Crippen molar-refractivity contribution in [1.82, 2.24) is 9.80 Å². The Labute approximate surface area is 104 Å². The topological polar surface area (TPSA) is 49.6 Å². The minimum Gasteiger partial charge on any atom is -0.341 e. The molecule has 1 saturated carbocycles. The van der Waals surface area contributed by atoms with Crippen LogP contribution in [0.4, 0.5) is 0 Å². The van der Waals surface area contributed by atoms with E-state index in [1.165, 1.54) is 6.42 Å². The lowest BCUT2D eigenvalue weighted by Gasteiger charge is -2.25. The van der Waals surface area contributed by atoms with Gasteiger partial charge in [-0.2, -0.15) is 0 Å². The molecule has 4 heteroatoms. The number of carbonyl (C=O) groups excluding carboxylic acids is 1. The van der Waals surface area contributed by atoms with Crippen molar-refractivity contribution < 1.29 is 4.79 Å². The van der Waals surface area contributed by atoms with E-state index in [0.29, 0.717) is 24.4 Å². The lowest BCUT2D eigenvalue weighted by molar-refractivity contribution is -0.135. The molecule has 2 N–H and O–H groups in total. The minimum absolute atomic E-state index is 0.209. The molecule has 0 bridgehead atoms. The van der Waals surface area contributed by atoms with Crippen LogP contribution in [0, 0.1) is 11.8 Å². The number of rotatable bonds is 3. The van der Waals surface area contributed by atoms with Crippen molar-refractivity contribution in [2.75, 3.05) is 33.7 Å². The second-order valence-electron chi connectivity index (χ2n) is 5.72. The van der Waals surface area contributed by atoms with Crippen LogP contribution in [0.5, 0.6) is 0 Å². The molecular formula is C13H25N3O. The number of hydrogen-bond donors (Lipinski definition) is 1. The Kier molecular flexibility index (Phi) is 4.05. The Bertz CT molecular complexity index is 280. The third kappa shape index (κ3) is 2.63. The molecule has 1 aliphatic heterocycles. The highest BCUT2D eigenvalue weighted by Gasteiger charge is 2.37. The number of hydrogen-bond acceptors (Lipinski definition) is 3. The van der Waals surface area contributed by atoms with Crippen molar-refractivity contribution in [1.29, 1.82) is 0 Å². The van der Waals surface area contributed by atoms with Gasteiger partial charge < -0.3 is 15.5 Å².